The van der Waals surface area contributed by atoms with Crippen molar-refractivity contribution in [3.8, 4) is 5.75 Å². The van der Waals surface area contributed by atoms with E-state index in [-0.39, 0.29) is 17.7 Å². The SMILES string of the molecule is CCCCC(=O)N1CCCN(C(=O)c2ccc(OC)c(C(C)C)c2)CC1. The Balaban J connectivity index is 2.06. The number of unbranched alkanes of at least 4 members (excludes halogenated alkanes) is 1. The Bertz CT molecular complexity index is 628. The average Bonchev–Trinajstić information content (AvgIpc) is 2.91. The molecule has 0 bridgehead atoms. The number of hydrogen-bond donors (Lipinski definition) is 0. The first kappa shape index (κ1) is 20.3. The summed E-state index contributed by atoms with van der Waals surface area (Å²) in [5.74, 6) is 1.36. The van der Waals surface area contributed by atoms with Gasteiger partial charge in [0.2, 0.25) is 5.91 Å². The van der Waals surface area contributed by atoms with Crippen LogP contribution in [0.25, 0.3) is 0 Å². The highest BCUT2D eigenvalue weighted by molar-refractivity contribution is 5.94. The van der Waals surface area contributed by atoms with Gasteiger partial charge in [-0.25, -0.2) is 0 Å². The van der Waals surface area contributed by atoms with Gasteiger partial charge in [-0.15, -0.1) is 0 Å². The number of nitrogens with zero attached hydrogens (tertiary/aromatic N) is 2. The standard InChI is InChI=1S/C21H32N2O3/c1-5-6-8-20(24)22-11-7-12-23(14-13-22)21(25)17-9-10-19(26-4)18(15-17)16(2)3/h9-10,15-16H,5-8,11-14H2,1-4H3. The smallest absolute Gasteiger partial charge is 0.253 e. The summed E-state index contributed by atoms with van der Waals surface area (Å²) in [5.41, 5.74) is 1.74. The Hall–Kier alpha value is -2.04. The summed E-state index contributed by atoms with van der Waals surface area (Å²) in [7, 11) is 1.65. The van der Waals surface area contributed by atoms with Gasteiger partial charge in [0.25, 0.3) is 5.91 Å². The van der Waals surface area contributed by atoms with Gasteiger partial charge in [-0.2, -0.15) is 0 Å². The maximum absolute atomic E-state index is 13.0. The van der Waals surface area contributed by atoms with E-state index in [4.69, 9.17) is 4.74 Å². The minimum atomic E-state index is 0.0393. The molecule has 0 saturated carbocycles. The summed E-state index contributed by atoms with van der Waals surface area (Å²) in [6.45, 7) is 8.94. The highest BCUT2D eigenvalue weighted by Gasteiger charge is 2.23. The van der Waals surface area contributed by atoms with Crippen molar-refractivity contribution in [3.63, 3.8) is 0 Å². The second-order valence-corrected chi connectivity index (χ2v) is 7.24. The lowest BCUT2D eigenvalue weighted by molar-refractivity contribution is -0.131. The van der Waals surface area contributed by atoms with Crippen LogP contribution in [-0.2, 0) is 4.79 Å². The molecular weight excluding hydrogens is 328 g/mol. The van der Waals surface area contributed by atoms with E-state index < -0.39 is 0 Å². The molecule has 5 nitrogen and oxygen atoms in total. The van der Waals surface area contributed by atoms with Gasteiger partial charge in [0.05, 0.1) is 7.11 Å². The molecule has 1 aliphatic rings. The third kappa shape index (κ3) is 4.99. The van der Waals surface area contributed by atoms with E-state index >= 15 is 0 Å². The number of carbonyl (C=O) groups is 2. The van der Waals surface area contributed by atoms with E-state index in [9.17, 15) is 9.59 Å². The van der Waals surface area contributed by atoms with Crippen molar-refractivity contribution < 1.29 is 14.3 Å². The van der Waals surface area contributed by atoms with Crippen LogP contribution in [0.15, 0.2) is 18.2 Å². The number of hydrogen-bond acceptors (Lipinski definition) is 3. The molecule has 1 aliphatic heterocycles. The summed E-state index contributed by atoms with van der Waals surface area (Å²) < 4.78 is 5.41. The lowest BCUT2D eigenvalue weighted by Gasteiger charge is -2.23. The van der Waals surface area contributed by atoms with E-state index in [2.05, 4.69) is 20.8 Å². The van der Waals surface area contributed by atoms with Crippen molar-refractivity contribution in [2.45, 2.75) is 52.4 Å². The minimum absolute atomic E-state index is 0.0393. The fourth-order valence-corrected chi connectivity index (χ4v) is 3.36. The van der Waals surface area contributed by atoms with Crippen molar-refractivity contribution >= 4 is 11.8 Å². The van der Waals surface area contributed by atoms with Gasteiger partial charge in [0.1, 0.15) is 5.75 Å². The molecule has 0 unspecified atom stereocenters. The molecule has 144 valence electrons. The monoisotopic (exact) mass is 360 g/mol. The van der Waals surface area contributed by atoms with Crippen LogP contribution in [-0.4, -0.2) is 54.9 Å². The number of rotatable bonds is 6. The van der Waals surface area contributed by atoms with Crippen molar-refractivity contribution in [3.05, 3.63) is 29.3 Å². The van der Waals surface area contributed by atoms with E-state index in [0.717, 1.165) is 37.1 Å². The Labute approximate surface area is 157 Å². The van der Waals surface area contributed by atoms with Crippen molar-refractivity contribution in [1.82, 2.24) is 9.80 Å². The highest BCUT2D eigenvalue weighted by Crippen LogP contribution is 2.28. The molecule has 0 radical (unpaired) electrons. The van der Waals surface area contributed by atoms with Crippen LogP contribution in [0.5, 0.6) is 5.75 Å². The Morgan fingerprint density at radius 3 is 2.46 bits per heavy atom. The largest absolute Gasteiger partial charge is 0.496 e. The van der Waals surface area contributed by atoms with Crippen molar-refractivity contribution in [2.75, 3.05) is 33.3 Å². The summed E-state index contributed by atoms with van der Waals surface area (Å²) in [4.78, 5) is 29.0. The molecule has 5 heteroatoms. The Kier molecular flexibility index (Phi) is 7.49. The summed E-state index contributed by atoms with van der Waals surface area (Å²) in [5, 5.41) is 0. The first-order valence-corrected chi connectivity index (χ1v) is 9.72. The molecule has 0 spiro atoms. The van der Waals surface area contributed by atoms with Crippen molar-refractivity contribution in [1.29, 1.82) is 0 Å². The first-order valence-electron chi connectivity index (χ1n) is 9.72. The second-order valence-electron chi connectivity index (χ2n) is 7.24. The van der Waals surface area contributed by atoms with Gasteiger partial charge in [0.15, 0.2) is 0 Å². The molecule has 1 aromatic carbocycles. The fourth-order valence-electron chi connectivity index (χ4n) is 3.36. The number of benzene rings is 1. The first-order chi connectivity index (χ1) is 12.5. The topological polar surface area (TPSA) is 49.9 Å². The Morgan fingerprint density at radius 1 is 1.12 bits per heavy atom. The molecule has 26 heavy (non-hydrogen) atoms. The van der Waals surface area contributed by atoms with Gasteiger partial charge in [-0.3, -0.25) is 9.59 Å². The molecule has 0 aromatic heterocycles. The Morgan fingerprint density at radius 2 is 1.81 bits per heavy atom. The lowest BCUT2D eigenvalue weighted by Crippen LogP contribution is -2.37. The van der Waals surface area contributed by atoms with E-state index in [1.807, 2.05) is 28.0 Å². The van der Waals surface area contributed by atoms with Crippen LogP contribution in [0.3, 0.4) is 0 Å². The maximum atomic E-state index is 13.0. The number of amides is 2. The van der Waals surface area contributed by atoms with Crippen LogP contribution >= 0.6 is 0 Å². The minimum Gasteiger partial charge on any atom is -0.496 e. The zero-order valence-corrected chi connectivity index (χ0v) is 16.6. The van der Waals surface area contributed by atoms with E-state index in [0.29, 0.717) is 31.6 Å². The summed E-state index contributed by atoms with van der Waals surface area (Å²) >= 11 is 0. The van der Waals surface area contributed by atoms with Gasteiger partial charge in [-0.05, 0) is 42.5 Å². The molecule has 0 atom stereocenters. The lowest BCUT2D eigenvalue weighted by atomic mass is 9.99. The predicted molar refractivity (Wildman–Crippen MR) is 104 cm³/mol. The third-order valence-electron chi connectivity index (χ3n) is 4.98. The van der Waals surface area contributed by atoms with Crippen LogP contribution in [0.2, 0.25) is 0 Å². The maximum Gasteiger partial charge on any atom is 0.253 e. The second kappa shape index (κ2) is 9.60. The number of methoxy groups -OCH3 is 1. The van der Waals surface area contributed by atoms with Crippen LogP contribution in [0.4, 0.5) is 0 Å². The van der Waals surface area contributed by atoms with Gasteiger partial charge < -0.3 is 14.5 Å². The third-order valence-corrected chi connectivity index (χ3v) is 4.98. The van der Waals surface area contributed by atoms with Crippen LogP contribution in [0, 0.1) is 0 Å². The molecule has 2 amide bonds. The summed E-state index contributed by atoms with van der Waals surface area (Å²) in [6.07, 6.45) is 3.40. The van der Waals surface area contributed by atoms with E-state index in [1.54, 1.807) is 7.11 Å². The van der Waals surface area contributed by atoms with Gasteiger partial charge in [0, 0.05) is 38.2 Å². The molecule has 0 aliphatic carbocycles. The zero-order valence-electron chi connectivity index (χ0n) is 16.6. The predicted octanol–water partition coefficient (Wildman–Crippen LogP) is 3.68. The summed E-state index contributed by atoms with van der Waals surface area (Å²) in [6, 6.07) is 5.66. The molecule has 2 rings (SSSR count). The normalized spacial score (nSPS) is 15.1. The fraction of sp³-hybridized carbons (Fsp3) is 0.619. The average molecular weight is 360 g/mol. The highest BCUT2D eigenvalue weighted by atomic mass is 16.5. The van der Waals surface area contributed by atoms with Crippen LogP contribution in [0.1, 0.15) is 68.3 Å². The van der Waals surface area contributed by atoms with Crippen LogP contribution < -0.4 is 4.74 Å². The molecule has 1 heterocycles. The van der Waals surface area contributed by atoms with Gasteiger partial charge >= 0.3 is 0 Å². The van der Waals surface area contributed by atoms with E-state index in [1.165, 1.54) is 0 Å². The molecule has 1 aromatic rings. The van der Waals surface area contributed by atoms with Crippen molar-refractivity contribution in [2.24, 2.45) is 0 Å². The molecule has 1 fully saturated rings. The quantitative estimate of drug-likeness (QED) is 0.777. The number of ether oxygens (including phenoxy) is 1. The molecule has 0 N–H and O–H groups in total. The zero-order chi connectivity index (χ0) is 19.1. The van der Waals surface area contributed by atoms with Gasteiger partial charge in [-0.1, -0.05) is 27.2 Å². The molecular formula is C21H32N2O3. The molecule has 1 saturated heterocycles. The number of carbonyl (C=O) groups excluding carboxylic acids is 2.